The van der Waals surface area contributed by atoms with Crippen LogP contribution in [-0.4, -0.2) is 94.3 Å². The second-order valence-corrected chi connectivity index (χ2v) is 11.5. The molecule has 1 N–H and O–H groups in total. The predicted octanol–water partition coefficient (Wildman–Crippen LogP) is 4.21. The Balaban J connectivity index is 1.46. The fraction of sp³-hybridized carbons (Fsp3) is 0.469. The Morgan fingerprint density at radius 2 is 1.68 bits per heavy atom. The van der Waals surface area contributed by atoms with Crippen molar-refractivity contribution in [1.29, 1.82) is 0 Å². The first-order valence-electron chi connectivity index (χ1n) is 14.6. The standard InChI is InChI=1S/C32H40N4O5/c1-23(2)20-36(27-18-26(21-34(22-27)32(39)40)30(37)33-14-16-41-17-15-33)31(38)29-19-25-10-6-7-11-28(25)35(29)13-12-24-8-4-3-5-9-24/h3-11,19,23,26-27H,12-18,20-22H2,1-2H3,(H,39,40)/t26-,27+/m1/s1. The number of hydrogen-bond donors (Lipinski definition) is 1. The van der Waals surface area contributed by atoms with Crippen LogP contribution in [0.15, 0.2) is 60.7 Å². The number of nitrogens with zero attached hydrogens (tertiary/aromatic N) is 4. The molecule has 2 atom stereocenters. The van der Waals surface area contributed by atoms with Crippen molar-refractivity contribution >= 4 is 28.8 Å². The number of carbonyl (C=O) groups is 3. The zero-order chi connectivity index (χ0) is 28.9. The molecule has 2 aromatic carbocycles. The number of fused-ring (bicyclic) bond motifs is 1. The third-order valence-electron chi connectivity index (χ3n) is 8.13. The van der Waals surface area contributed by atoms with Crippen molar-refractivity contribution in [2.75, 3.05) is 45.9 Å². The Bertz CT molecular complexity index is 1360. The van der Waals surface area contributed by atoms with Crippen LogP contribution in [0.1, 0.15) is 36.3 Å². The number of rotatable bonds is 8. The third kappa shape index (κ3) is 6.56. The van der Waals surface area contributed by atoms with Crippen molar-refractivity contribution in [1.82, 2.24) is 19.3 Å². The molecule has 2 fully saturated rings. The highest BCUT2D eigenvalue weighted by molar-refractivity contribution is 5.99. The minimum Gasteiger partial charge on any atom is -0.465 e. The molecule has 41 heavy (non-hydrogen) atoms. The maximum atomic E-state index is 14.5. The largest absolute Gasteiger partial charge is 0.465 e. The maximum absolute atomic E-state index is 14.5. The molecule has 3 heterocycles. The summed E-state index contributed by atoms with van der Waals surface area (Å²) in [5.74, 6) is -0.528. The lowest BCUT2D eigenvalue weighted by atomic mass is 9.91. The summed E-state index contributed by atoms with van der Waals surface area (Å²) in [5, 5.41) is 11.0. The monoisotopic (exact) mass is 560 g/mol. The summed E-state index contributed by atoms with van der Waals surface area (Å²) in [6.07, 6.45) is 0.141. The molecule has 9 nitrogen and oxygen atoms in total. The Labute approximate surface area is 241 Å². The number of benzene rings is 2. The lowest BCUT2D eigenvalue weighted by molar-refractivity contribution is -0.142. The number of hydrogen-bond acceptors (Lipinski definition) is 4. The summed E-state index contributed by atoms with van der Waals surface area (Å²) in [6, 6.07) is 19.8. The summed E-state index contributed by atoms with van der Waals surface area (Å²) in [6.45, 7) is 7.51. The number of carboxylic acid groups (broad SMARTS) is 1. The van der Waals surface area contributed by atoms with Crippen LogP contribution in [0.3, 0.4) is 0 Å². The van der Waals surface area contributed by atoms with E-state index in [-0.39, 0.29) is 30.8 Å². The second kappa shape index (κ2) is 12.8. The number of aromatic nitrogens is 1. The molecule has 2 saturated heterocycles. The van der Waals surface area contributed by atoms with Crippen molar-refractivity contribution < 1.29 is 24.2 Å². The van der Waals surface area contributed by atoms with E-state index in [1.54, 1.807) is 4.90 Å². The molecule has 0 saturated carbocycles. The van der Waals surface area contributed by atoms with E-state index in [1.165, 1.54) is 10.5 Å². The summed E-state index contributed by atoms with van der Waals surface area (Å²) in [4.78, 5) is 45.0. The van der Waals surface area contributed by atoms with Gasteiger partial charge in [0.15, 0.2) is 0 Å². The first kappa shape index (κ1) is 28.7. The van der Waals surface area contributed by atoms with Crippen molar-refractivity contribution in [3.8, 4) is 0 Å². The van der Waals surface area contributed by atoms with Gasteiger partial charge in [0, 0.05) is 50.2 Å². The maximum Gasteiger partial charge on any atom is 0.407 e. The third-order valence-corrected chi connectivity index (χ3v) is 8.13. The summed E-state index contributed by atoms with van der Waals surface area (Å²) >= 11 is 0. The summed E-state index contributed by atoms with van der Waals surface area (Å²) in [5.41, 5.74) is 2.77. The molecular formula is C32H40N4O5. The molecular weight excluding hydrogens is 520 g/mol. The predicted molar refractivity (Wildman–Crippen MR) is 157 cm³/mol. The molecule has 9 heteroatoms. The zero-order valence-corrected chi connectivity index (χ0v) is 23.9. The lowest BCUT2D eigenvalue weighted by Crippen LogP contribution is -2.58. The smallest absolute Gasteiger partial charge is 0.407 e. The first-order chi connectivity index (χ1) is 19.8. The van der Waals surface area contributed by atoms with Crippen LogP contribution in [0.5, 0.6) is 0 Å². The van der Waals surface area contributed by atoms with Gasteiger partial charge in [-0.3, -0.25) is 9.59 Å². The normalized spacial score (nSPS) is 19.5. The van der Waals surface area contributed by atoms with Crippen LogP contribution in [0, 0.1) is 11.8 Å². The first-order valence-corrected chi connectivity index (χ1v) is 14.6. The molecule has 5 rings (SSSR count). The van der Waals surface area contributed by atoms with Gasteiger partial charge in [0.1, 0.15) is 5.69 Å². The van der Waals surface area contributed by atoms with Gasteiger partial charge in [-0.2, -0.15) is 0 Å². The highest BCUT2D eigenvalue weighted by Crippen LogP contribution is 2.28. The van der Waals surface area contributed by atoms with Crippen LogP contribution in [0.25, 0.3) is 10.9 Å². The van der Waals surface area contributed by atoms with Crippen molar-refractivity contribution in [3.63, 3.8) is 0 Å². The van der Waals surface area contributed by atoms with Crippen LogP contribution in [-0.2, 0) is 22.5 Å². The topological polar surface area (TPSA) is 95.3 Å². The highest BCUT2D eigenvalue weighted by atomic mass is 16.5. The van der Waals surface area contributed by atoms with E-state index in [2.05, 4.69) is 30.5 Å². The fourth-order valence-corrected chi connectivity index (χ4v) is 6.13. The number of likely N-dealkylation sites (tertiary alicyclic amines) is 1. The Kier molecular flexibility index (Phi) is 8.93. The Morgan fingerprint density at radius 1 is 0.976 bits per heavy atom. The van der Waals surface area contributed by atoms with Crippen LogP contribution < -0.4 is 0 Å². The number of piperidine rings is 1. The molecule has 0 unspecified atom stereocenters. The van der Waals surface area contributed by atoms with E-state index < -0.39 is 18.1 Å². The number of morpholine rings is 1. The second-order valence-electron chi connectivity index (χ2n) is 11.5. The average Bonchev–Trinajstić information content (AvgIpc) is 3.37. The molecule has 3 amide bonds. The van der Waals surface area contributed by atoms with E-state index >= 15 is 0 Å². The van der Waals surface area contributed by atoms with E-state index in [0.29, 0.717) is 51.5 Å². The molecule has 0 bridgehead atoms. The SMILES string of the molecule is CC(C)CN(C(=O)c1cc2ccccc2n1CCc1ccccc1)[C@H]1C[C@@H](C(=O)N2CCOCC2)CN(C(=O)O)C1. The Morgan fingerprint density at radius 3 is 2.39 bits per heavy atom. The summed E-state index contributed by atoms with van der Waals surface area (Å²) in [7, 11) is 0. The molecule has 1 aromatic heterocycles. The van der Waals surface area contributed by atoms with Gasteiger partial charge in [-0.1, -0.05) is 62.4 Å². The van der Waals surface area contributed by atoms with Gasteiger partial charge >= 0.3 is 6.09 Å². The molecule has 218 valence electrons. The van der Waals surface area contributed by atoms with E-state index in [4.69, 9.17) is 4.74 Å². The minimum absolute atomic E-state index is 0.0572. The quantitative estimate of drug-likeness (QED) is 0.446. The van der Waals surface area contributed by atoms with Crippen LogP contribution >= 0.6 is 0 Å². The summed E-state index contributed by atoms with van der Waals surface area (Å²) < 4.78 is 7.50. The molecule has 2 aliphatic rings. The molecule has 0 spiro atoms. The highest BCUT2D eigenvalue weighted by Gasteiger charge is 2.40. The van der Waals surface area contributed by atoms with Crippen molar-refractivity contribution in [3.05, 3.63) is 71.9 Å². The molecule has 0 aliphatic carbocycles. The van der Waals surface area contributed by atoms with Crippen LogP contribution in [0.4, 0.5) is 4.79 Å². The van der Waals surface area contributed by atoms with Crippen LogP contribution in [0.2, 0.25) is 0 Å². The van der Waals surface area contributed by atoms with E-state index in [1.807, 2.05) is 53.4 Å². The number of para-hydroxylation sites is 1. The van der Waals surface area contributed by atoms with E-state index in [0.717, 1.165) is 17.3 Å². The van der Waals surface area contributed by atoms with Gasteiger partial charge < -0.3 is 29.1 Å². The molecule has 0 radical (unpaired) electrons. The van der Waals surface area contributed by atoms with Gasteiger partial charge in [-0.25, -0.2) is 4.79 Å². The van der Waals surface area contributed by atoms with Gasteiger partial charge in [0.2, 0.25) is 5.91 Å². The Hall–Kier alpha value is -3.85. The number of ether oxygens (including phenoxy) is 1. The number of amides is 3. The number of aryl methyl sites for hydroxylation is 2. The van der Waals surface area contributed by atoms with Gasteiger partial charge in [0.25, 0.3) is 5.91 Å². The van der Waals surface area contributed by atoms with Crippen molar-refractivity contribution in [2.45, 2.75) is 39.3 Å². The lowest BCUT2D eigenvalue weighted by Gasteiger charge is -2.43. The van der Waals surface area contributed by atoms with Gasteiger partial charge in [0.05, 0.1) is 25.2 Å². The molecule has 3 aromatic rings. The van der Waals surface area contributed by atoms with Gasteiger partial charge in [-0.05, 0) is 36.5 Å². The molecule has 2 aliphatic heterocycles. The average molecular weight is 561 g/mol. The number of carbonyl (C=O) groups excluding carboxylic acids is 2. The minimum atomic E-state index is -1.07. The van der Waals surface area contributed by atoms with Crippen molar-refractivity contribution in [2.24, 2.45) is 11.8 Å². The fourth-order valence-electron chi connectivity index (χ4n) is 6.13. The van der Waals surface area contributed by atoms with E-state index in [9.17, 15) is 19.5 Å². The zero-order valence-electron chi connectivity index (χ0n) is 23.9. The van der Waals surface area contributed by atoms with Gasteiger partial charge in [-0.15, -0.1) is 0 Å².